The summed E-state index contributed by atoms with van der Waals surface area (Å²) in [5.41, 5.74) is 8.63. The normalized spacial score (nSPS) is 15.7. The number of likely N-dealkylation sites (tertiary alicyclic amines) is 1. The zero-order chi connectivity index (χ0) is 28.4. The zero-order valence-corrected chi connectivity index (χ0v) is 22.7. The number of pyridine rings is 1. The van der Waals surface area contributed by atoms with Gasteiger partial charge >= 0.3 is 0 Å². The van der Waals surface area contributed by atoms with Gasteiger partial charge in [-0.25, -0.2) is 14.5 Å². The standard InChI is InChI=1S/C30H32FN7O2/c1-30(2,32)21-10-6-18(7-11-21)28(39)35-24-15-19(8-12-22(24)31)23-16-25(29(40)37-36-23)34-27-13-9-20(17-33-27)26-5-4-14-38(26)3/h6-13,15-17,26H,4-5,14,32H2,1-3H3,(H,35,39)(H,37,40)(H,33,34,36). The Morgan fingerprint density at radius 2 is 1.88 bits per heavy atom. The molecule has 1 aliphatic rings. The van der Waals surface area contributed by atoms with Crippen molar-refractivity contribution in [3.63, 3.8) is 0 Å². The number of hydrogen-bond acceptors (Lipinski definition) is 7. The first-order chi connectivity index (χ1) is 19.1. The lowest BCUT2D eigenvalue weighted by atomic mass is 9.95. The third-order valence-corrected chi connectivity index (χ3v) is 7.16. The fraction of sp³-hybridized carbons (Fsp3) is 0.267. The lowest BCUT2D eigenvalue weighted by Gasteiger charge is -2.19. The molecule has 5 rings (SSSR count). The fourth-order valence-corrected chi connectivity index (χ4v) is 4.82. The van der Waals surface area contributed by atoms with Gasteiger partial charge in [0.25, 0.3) is 11.5 Å². The van der Waals surface area contributed by atoms with Crippen molar-refractivity contribution in [2.24, 2.45) is 5.73 Å². The number of H-pyrrole nitrogens is 1. The molecule has 3 heterocycles. The van der Waals surface area contributed by atoms with Gasteiger partial charge in [0.1, 0.15) is 17.3 Å². The number of aromatic amines is 1. The molecule has 1 unspecified atom stereocenters. The van der Waals surface area contributed by atoms with Crippen LogP contribution < -0.4 is 21.9 Å². The fourth-order valence-electron chi connectivity index (χ4n) is 4.82. The number of carbonyl (C=O) groups is 1. The van der Waals surface area contributed by atoms with Crippen LogP contribution >= 0.6 is 0 Å². The van der Waals surface area contributed by atoms with Gasteiger partial charge in [-0.15, -0.1) is 0 Å². The number of carbonyl (C=O) groups excluding carboxylic acids is 1. The molecule has 1 amide bonds. The molecule has 5 N–H and O–H groups in total. The molecule has 206 valence electrons. The number of benzene rings is 2. The summed E-state index contributed by atoms with van der Waals surface area (Å²) in [7, 11) is 2.11. The minimum atomic E-state index is -0.600. The van der Waals surface area contributed by atoms with E-state index in [4.69, 9.17) is 5.73 Å². The van der Waals surface area contributed by atoms with Crippen LogP contribution in [-0.2, 0) is 5.54 Å². The quantitative estimate of drug-likeness (QED) is 0.261. The predicted octanol–water partition coefficient (Wildman–Crippen LogP) is 4.93. The maximum Gasteiger partial charge on any atom is 0.287 e. The lowest BCUT2D eigenvalue weighted by molar-refractivity contribution is 0.102. The molecule has 1 atom stereocenters. The highest BCUT2D eigenvalue weighted by Gasteiger charge is 2.22. The molecule has 0 aliphatic carbocycles. The SMILES string of the molecule is CN1CCCC1c1ccc(Nc2cc(-c3ccc(F)c(NC(=O)c4ccc(C(C)(C)N)cc4)c3)n[nH]c2=O)nc1. The third kappa shape index (κ3) is 5.93. The van der Waals surface area contributed by atoms with E-state index in [1.165, 1.54) is 18.2 Å². The first-order valence-corrected chi connectivity index (χ1v) is 13.1. The number of aromatic nitrogens is 3. The highest BCUT2D eigenvalue weighted by atomic mass is 19.1. The van der Waals surface area contributed by atoms with Crippen LogP contribution in [0.3, 0.4) is 0 Å². The number of nitrogens with one attached hydrogen (secondary N) is 3. The second kappa shape index (κ2) is 11.0. The summed E-state index contributed by atoms with van der Waals surface area (Å²) in [5.74, 6) is -0.549. The van der Waals surface area contributed by atoms with Gasteiger partial charge in [0.15, 0.2) is 0 Å². The maximum atomic E-state index is 14.6. The van der Waals surface area contributed by atoms with Crippen molar-refractivity contribution in [2.45, 2.75) is 38.3 Å². The minimum Gasteiger partial charge on any atom is -0.336 e. The van der Waals surface area contributed by atoms with E-state index >= 15 is 0 Å². The molecular formula is C30H32FN7O2. The van der Waals surface area contributed by atoms with E-state index in [9.17, 15) is 14.0 Å². The van der Waals surface area contributed by atoms with Crippen molar-refractivity contribution in [3.8, 4) is 11.3 Å². The van der Waals surface area contributed by atoms with Crippen LogP contribution in [0.2, 0.25) is 0 Å². The van der Waals surface area contributed by atoms with E-state index in [1.807, 2.05) is 32.2 Å². The van der Waals surface area contributed by atoms with Gasteiger partial charge in [-0.05, 0) is 93.9 Å². The van der Waals surface area contributed by atoms with Gasteiger partial charge in [0, 0.05) is 28.9 Å². The van der Waals surface area contributed by atoms with Crippen molar-refractivity contribution in [3.05, 3.63) is 99.7 Å². The average Bonchev–Trinajstić information content (AvgIpc) is 3.37. The number of amides is 1. The van der Waals surface area contributed by atoms with Gasteiger partial charge < -0.3 is 16.4 Å². The average molecular weight is 542 g/mol. The molecule has 1 aliphatic heterocycles. The summed E-state index contributed by atoms with van der Waals surface area (Å²) < 4.78 is 14.6. The van der Waals surface area contributed by atoms with Crippen LogP contribution in [0.5, 0.6) is 0 Å². The Kier molecular flexibility index (Phi) is 7.46. The molecular weight excluding hydrogens is 509 g/mol. The second-order valence-corrected chi connectivity index (χ2v) is 10.7. The van der Waals surface area contributed by atoms with Crippen molar-refractivity contribution in [1.82, 2.24) is 20.1 Å². The highest BCUT2D eigenvalue weighted by molar-refractivity contribution is 6.04. The van der Waals surface area contributed by atoms with Crippen LogP contribution in [0.25, 0.3) is 11.3 Å². The van der Waals surface area contributed by atoms with Crippen LogP contribution in [0.1, 0.15) is 54.2 Å². The Bertz CT molecular complexity index is 1580. The largest absolute Gasteiger partial charge is 0.336 e. The number of halogens is 1. The van der Waals surface area contributed by atoms with E-state index < -0.39 is 22.8 Å². The molecule has 1 fully saturated rings. The monoisotopic (exact) mass is 541 g/mol. The van der Waals surface area contributed by atoms with Gasteiger partial charge in [0.05, 0.1) is 11.4 Å². The van der Waals surface area contributed by atoms with Crippen molar-refractivity contribution < 1.29 is 9.18 Å². The van der Waals surface area contributed by atoms with Crippen LogP contribution in [0, 0.1) is 5.82 Å². The smallest absolute Gasteiger partial charge is 0.287 e. The molecule has 2 aromatic carbocycles. The van der Waals surface area contributed by atoms with E-state index in [2.05, 4.69) is 37.8 Å². The maximum absolute atomic E-state index is 14.6. The molecule has 0 bridgehead atoms. The number of rotatable bonds is 7. The minimum absolute atomic E-state index is 0.0117. The third-order valence-electron chi connectivity index (χ3n) is 7.16. The summed E-state index contributed by atoms with van der Waals surface area (Å²) in [4.78, 5) is 32.1. The summed E-state index contributed by atoms with van der Waals surface area (Å²) in [6.45, 7) is 4.81. The molecule has 40 heavy (non-hydrogen) atoms. The summed E-state index contributed by atoms with van der Waals surface area (Å²) in [6.07, 6.45) is 4.08. The Morgan fingerprint density at radius 3 is 2.52 bits per heavy atom. The summed E-state index contributed by atoms with van der Waals surface area (Å²) in [6, 6.07) is 16.8. The van der Waals surface area contributed by atoms with Gasteiger partial charge in [0.2, 0.25) is 0 Å². The van der Waals surface area contributed by atoms with Crippen LogP contribution in [0.15, 0.2) is 71.7 Å². The molecule has 2 aromatic heterocycles. The van der Waals surface area contributed by atoms with Crippen molar-refractivity contribution in [1.29, 1.82) is 0 Å². The van der Waals surface area contributed by atoms with E-state index in [1.54, 1.807) is 30.3 Å². The molecule has 0 radical (unpaired) electrons. The second-order valence-electron chi connectivity index (χ2n) is 10.7. The molecule has 9 nitrogen and oxygen atoms in total. The Balaban J connectivity index is 1.34. The zero-order valence-electron chi connectivity index (χ0n) is 22.7. The van der Waals surface area contributed by atoms with E-state index in [0.29, 0.717) is 28.7 Å². The first kappa shape index (κ1) is 27.2. The molecule has 4 aromatic rings. The van der Waals surface area contributed by atoms with Gasteiger partial charge in [-0.2, -0.15) is 5.10 Å². The molecule has 1 saturated heterocycles. The first-order valence-electron chi connectivity index (χ1n) is 13.1. The van der Waals surface area contributed by atoms with Crippen molar-refractivity contribution in [2.75, 3.05) is 24.2 Å². The number of nitrogens with two attached hydrogens (primary N) is 1. The van der Waals surface area contributed by atoms with E-state index in [0.717, 1.165) is 30.5 Å². The predicted molar refractivity (Wildman–Crippen MR) is 154 cm³/mol. The molecule has 10 heteroatoms. The van der Waals surface area contributed by atoms with Gasteiger partial charge in [-0.3, -0.25) is 14.5 Å². The van der Waals surface area contributed by atoms with Gasteiger partial charge in [-0.1, -0.05) is 18.2 Å². The topological polar surface area (TPSA) is 129 Å². The summed E-state index contributed by atoms with van der Waals surface area (Å²) >= 11 is 0. The number of anilines is 3. The molecule has 0 saturated carbocycles. The number of hydrogen-bond donors (Lipinski definition) is 4. The Labute approximate surface area is 231 Å². The van der Waals surface area contributed by atoms with Crippen LogP contribution in [0.4, 0.5) is 21.6 Å². The highest BCUT2D eigenvalue weighted by Crippen LogP contribution is 2.30. The van der Waals surface area contributed by atoms with Crippen LogP contribution in [-0.4, -0.2) is 39.6 Å². The van der Waals surface area contributed by atoms with Crippen molar-refractivity contribution >= 4 is 23.1 Å². The Morgan fingerprint density at radius 1 is 1.10 bits per heavy atom. The van der Waals surface area contributed by atoms with E-state index in [-0.39, 0.29) is 11.4 Å². The molecule has 0 spiro atoms. The Hall–Kier alpha value is -4.41. The lowest BCUT2D eigenvalue weighted by Crippen LogP contribution is -2.28. The summed E-state index contributed by atoms with van der Waals surface area (Å²) in [5, 5.41) is 12.3. The number of nitrogens with zero attached hydrogens (tertiary/aromatic N) is 3.